The molecule has 1 saturated heterocycles. The fourth-order valence-electron chi connectivity index (χ4n) is 1.94. The van der Waals surface area contributed by atoms with Gasteiger partial charge in [-0.2, -0.15) is 11.8 Å². The molecule has 2 aromatic rings. The summed E-state index contributed by atoms with van der Waals surface area (Å²) < 4.78 is 16.4. The Bertz CT molecular complexity index is 665. The third-order valence-electron chi connectivity index (χ3n) is 3.09. The van der Waals surface area contributed by atoms with E-state index in [1.165, 1.54) is 6.07 Å². The molecule has 110 valence electrons. The molecule has 0 atom stereocenters. The number of ether oxygens (including phenoxy) is 2. The maximum absolute atomic E-state index is 10.9. The number of benzene rings is 1. The third-order valence-corrected chi connectivity index (χ3v) is 4.30. The summed E-state index contributed by atoms with van der Waals surface area (Å²) in [6.45, 7) is 0. The summed E-state index contributed by atoms with van der Waals surface area (Å²) in [4.78, 5) is 10.9. The van der Waals surface area contributed by atoms with Gasteiger partial charge in [0, 0.05) is 17.6 Å². The summed E-state index contributed by atoms with van der Waals surface area (Å²) in [5, 5.41) is 12.5. The summed E-state index contributed by atoms with van der Waals surface area (Å²) in [5.74, 6) is 2.19. The first kappa shape index (κ1) is 13.8. The maximum atomic E-state index is 10.9. The number of hydrogen-bond donors (Lipinski definition) is 1. The van der Waals surface area contributed by atoms with Crippen LogP contribution in [-0.2, 0) is 0 Å². The van der Waals surface area contributed by atoms with E-state index < -0.39 is 5.97 Å². The van der Waals surface area contributed by atoms with E-state index in [0.717, 1.165) is 11.5 Å². The molecule has 1 aromatic carbocycles. The zero-order valence-electron chi connectivity index (χ0n) is 11.2. The Kier molecular flexibility index (Phi) is 3.74. The van der Waals surface area contributed by atoms with E-state index in [-0.39, 0.29) is 11.8 Å². The van der Waals surface area contributed by atoms with Crippen molar-refractivity contribution >= 4 is 17.7 Å². The van der Waals surface area contributed by atoms with Gasteiger partial charge in [-0.3, -0.25) is 0 Å². The predicted molar refractivity (Wildman–Crippen MR) is 77.2 cm³/mol. The normalized spacial score (nSPS) is 14.5. The van der Waals surface area contributed by atoms with Gasteiger partial charge in [0.05, 0.1) is 12.7 Å². The van der Waals surface area contributed by atoms with Crippen LogP contribution in [0.3, 0.4) is 0 Å². The van der Waals surface area contributed by atoms with Crippen molar-refractivity contribution in [3.8, 4) is 22.8 Å². The molecule has 0 saturated carbocycles. The Morgan fingerprint density at radius 3 is 2.86 bits per heavy atom. The first-order chi connectivity index (χ1) is 10.2. The molecule has 0 spiro atoms. The smallest absolute Gasteiger partial charge is 0.358 e. The Balaban J connectivity index is 2.00. The van der Waals surface area contributed by atoms with Crippen LogP contribution in [0.4, 0.5) is 0 Å². The minimum atomic E-state index is -1.13. The number of carboxylic acid groups (broad SMARTS) is 1. The quantitative estimate of drug-likeness (QED) is 0.909. The van der Waals surface area contributed by atoms with Crippen molar-refractivity contribution in [1.29, 1.82) is 0 Å². The van der Waals surface area contributed by atoms with Gasteiger partial charge in [0.1, 0.15) is 6.10 Å². The van der Waals surface area contributed by atoms with Crippen LogP contribution in [0, 0.1) is 0 Å². The average molecular weight is 307 g/mol. The summed E-state index contributed by atoms with van der Waals surface area (Å²) >= 11 is 1.81. The van der Waals surface area contributed by atoms with E-state index in [1.54, 1.807) is 25.3 Å². The summed E-state index contributed by atoms with van der Waals surface area (Å²) in [5.41, 5.74) is 0.490. The van der Waals surface area contributed by atoms with Gasteiger partial charge in [-0.05, 0) is 12.1 Å². The van der Waals surface area contributed by atoms with Crippen LogP contribution in [0.1, 0.15) is 10.5 Å². The Hall–Kier alpha value is -2.15. The van der Waals surface area contributed by atoms with Crippen LogP contribution < -0.4 is 9.47 Å². The SMILES string of the molecule is COc1cccc(-c2cc(C(=O)O)no2)c1OC1CSC1. The van der Waals surface area contributed by atoms with Gasteiger partial charge < -0.3 is 19.1 Å². The van der Waals surface area contributed by atoms with Crippen molar-refractivity contribution in [3.63, 3.8) is 0 Å². The molecule has 6 nitrogen and oxygen atoms in total. The fourth-order valence-corrected chi connectivity index (χ4v) is 2.51. The monoisotopic (exact) mass is 307 g/mol. The molecule has 1 aromatic heterocycles. The second-order valence-electron chi connectivity index (χ2n) is 4.50. The van der Waals surface area contributed by atoms with Gasteiger partial charge in [-0.1, -0.05) is 11.2 Å². The number of carboxylic acids is 1. The lowest BCUT2D eigenvalue weighted by atomic mass is 10.1. The van der Waals surface area contributed by atoms with Gasteiger partial charge in [0.2, 0.25) is 0 Å². The molecular formula is C14H13NO5S. The van der Waals surface area contributed by atoms with Crippen molar-refractivity contribution in [2.24, 2.45) is 0 Å². The lowest BCUT2D eigenvalue weighted by Crippen LogP contribution is -2.31. The number of methoxy groups -OCH3 is 1. The van der Waals surface area contributed by atoms with Crippen LogP contribution in [0.25, 0.3) is 11.3 Å². The van der Waals surface area contributed by atoms with Gasteiger partial charge >= 0.3 is 5.97 Å². The maximum Gasteiger partial charge on any atom is 0.358 e. The van der Waals surface area contributed by atoms with Crippen molar-refractivity contribution in [2.75, 3.05) is 18.6 Å². The summed E-state index contributed by atoms with van der Waals surface area (Å²) in [6.07, 6.45) is 0.131. The van der Waals surface area contributed by atoms with Crippen molar-refractivity contribution in [2.45, 2.75) is 6.10 Å². The van der Waals surface area contributed by atoms with Gasteiger partial charge in [0.15, 0.2) is 23.0 Å². The molecular weight excluding hydrogens is 294 g/mol. The molecule has 3 rings (SSSR count). The highest BCUT2D eigenvalue weighted by atomic mass is 32.2. The summed E-state index contributed by atoms with van der Waals surface area (Å²) in [7, 11) is 1.56. The van der Waals surface area contributed by atoms with Crippen molar-refractivity contribution < 1.29 is 23.9 Å². The van der Waals surface area contributed by atoms with E-state index in [9.17, 15) is 4.79 Å². The number of thioether (sulfide) groups is 1. The second kappa shape index (κ2) is 5.69. The van der Waals surface area contributed by atoms with Gasteiger partial charge in [0.25, 0.3) is 0 Å². The van der Waals surface area contributed by atoms with Crippen LogP contribution in [0.2, 0.25) is 0 Å². The first-order valence-electron chi connectivity index (χ1n) is 6.31. The highest BCUT2D eigenvalue weighted by Crippen LogP contribution is 2.40. The molecule has 0 bridgehead atoms. The standard InChI is InChI=1S/C14H13NO5S/c1-18-11-4-2-3-9(13(11)19-8-6-21-7-8)12-5-10(14(16)17)15-20-12/h2-5,8H,6-7H2,1H3,(H,16,17). The predicted octanol–water partition coefficient (Wildman–Crippen LogP) is 2.54. The molecule has 0 radical (unpaired) electrons. The zero-order chi connectivity index (χ0) is 14.8. The van der Waals surface area contributed by atoms with E-state index >= 15 is 0 Å². The van der Waals surface area contributed by atoms with Crippen molar-refractivity contribution in [3.05, 3.63) is 30.0 Å². The minimum Gasteiger partial charge on any atom is -0.493 e. The van der Waals surface area contributed by atoms with Crippen LogP contribution in [0.15, 0.2) is 28.8 Å². The number of hydrogen-bond acceptors (Lipinski definition) is 6. The van der Waals surface area contributed by atoms with Crippen molar-refractivity contribution in [1.82, 2.24) is 5.16 Å². The Morgan fingerprint density at radius 1 is 1.48 bits per heavy atom. The van der Waals surface area contributed by atoms with E-state index in [1.807, 2.05) is 11.8 Å². The first-order valence-corrected chi connectivity index (χ1v) is 7.46. The van der Waals surface area contributed by atoms with E-state index in [2.05, 4.69) is 5.16 Å². The van der Waals surface area contributed by atoms with Crippen LogP contribution in [0.5, 0.6) is 11.5 Å². The van der Waals surface area contributed by atoms with Crippen LogP contribution in [-0.4, -0.2) is 41.0 Å². The largest absolute Gasteiger partial charge is 0.493 e. The molecule has 1 N–H and O–H groups in total. The molecule has 2 heterocycles. The number of rotatable bonds is 5. The number of para-hydroxylation sites is 1. The molecule has 21 heavy (non-hydrogen) atoms. The lowest BCUT2D eigenvalue weighted by Gasteiger charge is -2.27. The molecule has 0 aliphatic carbocycles. The Morgan fingerprint density at radius 2 is 2.29 bits per heavy atom. The van der Waals surface area contributed by atoms with E-state index in [0.29, 0.717) is 22.8 Å². The minimum absolute atomic E-state index is 0.131. The van der Waals surface area contributed by atoms with E-state index in [4.69, 9.17) is 19.1 Å². The average Bonchev–Trinajstić information content (AvgIpc) is 2.92. The van der Waals surface area contributed by atoms with Crippen LogP contribution >= 0.6 is 11.8 Å². The number of aromatic nitrogens is 1. The highest BCUT2D eigenvalue weighted by Gasteiger charge is 2.25. The van der Waals surface area contributed by atoms with Gasteiger partial charge in [-0.15, -0.1) is 0 Å². The number of aromatic carboxylic acids is 1. The van der Waals surface area contributed by atoms with Gasteiger partial charge in [-0.25, -0.2) is 4.79 Å². The molecule has 0 amide bonds. The zero-order valence-corrected chi connectivity index (χ0v) is 12.1. The number of carbonyl (C=O) groups is 1. The lowest BCUT2D eigenvalue weighted by molar-refractivity contribution is 0.0686. The Labute approximate surface area is 125 Å². The molecule has 1 aliphatic rings. The fraction of sp³-hybridized carbons (Fsp3) is 0.286. The molecule has 1 aliphatic heterocycles. The molecule has 0 unspecified atom stereocenters. The third kappa shape index (κ3) is 2.69. The molecule has 7 heteroatoms. The number of nitrogens with zero attached hydrogens (tertiary/aromatic N) is 1. The highest BCUT2D eigenvalue weighted by molar-refractivity contribution is 8.00. The summed E-state index contributed by atoms with van der Waals surface area (Å²) in [6, 6.07) is 6.74. The molecule has 1 fully saturated rings. The second-order valence-corrected chi connectivity index (χ2v) is 5.57. The topological polar surface area (TPSA) is 81.8 Å².